The van der Waals surface area contributed by atoms with Crippen LogP contribution in [0, 0.1) is 10.1 Å². The number of non-ortho nitro benzene ring substituents is 1. The highest BCUT2D eigenvalue weighted by atomic mass is 32.1. The second-order valence-corrected chi connectivity index (χ2v) is 6.27. The topological polar surface area (TPSA) is 84.6 Å². The summed E-state index contributed by atoms with van der Waals surface area (Å²) in [6, 6.07) is 6.08. The van der Waals surface area contributed by atoms with E-state index >= 15 is 0 Å². The molecule has 0 bridgehead atoms. The van der Waals surface area contributed by atoms with E-state index in [1.807, 2.05) is 5.38 Å². The summed E-state index contributed by atoms with van der Waals surface area (Å²) in [4.78, 5) is 23.8. The first kappa shape index (κ1) is 15.4. The first-order valence-electron chi connectivity index (χ1n) is 7.32. The van der Waals surface area contributed by atoms with E-state index in [2.05, 4.69) is 10.5 Å². The number of hydrogen-bond acceptors (Lipinski definition) is 5. The van der Waals surface area contributed by atoms with Crippen molar-refractivity contribution in [2.45, 2.75) is 25.7 Å². The Kier molecular flexibility index (Phi) is 4.47. The Hall–Kier alpha value is -2.54. The third-order valence-corrected chi connectivity index (χ3v) is 4.86. The molecular formula is C16H15N3O3S. The second-order valence-electron chi connectivity index (χ2n) is 5.31. The van der Waals surface area contributed by atoms with Crippen molar-refractivity contribution in [3.05, 3.63) is 61.3 Å². The standard InChI is InChI=1S/C16H15N3O3S/c20-16(14-10-23-15-7-2-1-6-13(14)15)18-17-9-11-4-3-5-12(8-11)19(21)22/h3-5,8-10H,1-2,6-7H2,(H,18,20)/b17-9-. The largest absolute Gasteiger partial charge is 0.272 e. The van der Waals surface area contributed by atoms with Crippen molar-refractivity contribution in [2.24, 2.45) is 5.10 Å². The number of hydrogen-bond donors (Lipinski definition) is 1. The lowest BCUT2D eigenvalue weighted by molar-refractivity contribution is -0.384. The van der Waals surface area contributed by atoms with Crippen LogP contribution in [-0.4, -0.2) is 17.0 Å². The molecule has 1 aliphatic carbocycles. The lowest BCUT2D eigenvalue weighted by Crippen LogP contribution is -2.19. The van der Waals surface area contributed by atoms with Crippen molar-refractivity contribution in [1.82, 2.24) is 5.43 Å². The first-order chi connectivity index (χ1) is 11.1. The average Bonchev–Trinajstić information content (AvgIpc) is 2.99. The molecule has 1 heterocycles. The molecule has 0 fully saturated rings. The van der Waals surface area contributed by atoms with E-state index in [0.717, 1.165) is 24.8 Å². The van der Waals surface area contributed by atoms with Gasteiger partial charge in [-0.05, 0) is 31.2 Å². The van der Waals surface area contributed by atoms with Crippen LogP contribution >= 0.6 is 11.3 Å². The number of amides is 1. The van der Waals surface area contributed by atoms with Crippen LogP contribution in [0.5, 0.6) is 0 Å². The van der Waals surface area contributed by atoms with Crippen LogP contribution < -0.4 is 5.43 Å². The van der Waals surface area contributed by atoms with Crippen LogP contribution in [0.15, 0.2) is 34.7 Å². The van der Waals surface area contributed by atoms with E-state index in [9.17, 15) is 14.9 Å². The number of nitro benzene ring substituents is 1. The van der Waals surface area contributed by atoms with Crippen molar-refractivity contribution in [3.63, 3.8) is 0 Å². The van der Waals surface area contributed by atoms with E-state index in [0.29, 0.717) is 11.1 Å². The molecule has 1 aromatic carbocycles. The number of carbonyl (C=O) groups excluding carboxylic acids is 1. The predicted molar refractivity (Wildman–Crippen MR) is 89.1 cm³/mol. The normalized spacial score (nSPS) is 13.7. The fourth-order valence-electron chi connectivity index (χ4n) is 2.63. The number of aryl methyl sites for hydroxylation is 1. The van der Waals surface area contributed by atoms with Gasteiger partial charge in [0.25, 0.3) is 11.6 Å². The zero-order chi connectivity index (χ0) is 16.2. The third-order valence-electron chi connectivity index (χ3n) is 3.77. The smallest absolute Gasteiger partial charge is 0.267 e. The number of nitrogens with one attached hydrogen (secondary N) is 1. The maximum atomic E-state index is 12.2. The summed E-state index contributed by atoms with van der Waals surface area (Å²) in [5, 5.41) is 16.5. The van der Waals surface area contributed by atoms with Gasteiger partial charge in [-0.2, -0.15) is 5.10 Å². The van der Waals surface area contributed by atoms with Crippen LogP contribution in [0.4, 0.5) is 5.69 Å². The predicted octanol–water partition coefficient (Wildman–Crippen LogP) is 3.30. The van der Waals surface area contributed by atoms with Crippen molar-refractivity contribution in [3.8, 4) is 0 Å². The van der Waals surface area contributed by atoms with E-state index in [4.69, 9.17) is 0 Å². The maximum absolute atomic E-state index is 12.2. The monoisotopic (exact) mass is 329 g/mol. The zero-order valence-corrected chi connectivity index (χ0v) is 13.1. The van der Waals surface area contributed by atoms with Crippen molar-refractivity contribution < 1.29 is 9.72 Å². The first-order valence-corrected chi connectivity index (χ1v) is 8.20. The summed E-state index contributed by atoms with van der Waals surface area (Å²) in [5.41, 5.74) is 4.89. The van der Waals surface area contributed by atoms with Gasteiger partial charge < -0.3 is 0 Å². The number of nitrogens with zero attached hydrogens (tertiary/aromatic N) is 2. The number of hydrazone groups is 1. The van der Waals surface area contributed by atoms with Gasteiger partial charge in [0.2, 0.25) is 0 Å². The number of rotatable bonds is 4. The van der Waals surface area contributed by atoms with Gasteiger partial charge in [0.1, 0.15) is 0 Å². The lowest BCUT2D eigenvalue weighted by atomic mass is 9.96. The Bertz CT molecular complexity index is 783. The van der Waals surface area contributed by atoms with Gasteiger partial charge in [0.05, 0.1) is 16.7 Å². The number of fused-ring (bicyclic) bond motifs is 1. The van der Waals surface area contributed by atoms with Crippen LogP contribution in [0.2, 0.25) is 0 Å². The van der Waals surface area contributed by atoms with Gasteiger partial charge in [-0.15, -0.1) is 11.3 Å². The highest BCUT2D eigenvalue weighted by Crippen LogP contribution is 2.30. The second kappa shape index (κ2) is 6.70. The summed E-state index contributed by atoms with van der Waals surface area (Å²) in [6.45, 7) is 0. The number of benzene rings is 1. The highest BCUT2D eigenvalue weighted by molar-refractivity contribution is 7.10. The molecule has 1 amide bonds. The Balaban J connectivity index is 1.68. The number of thiophene rings is 1. The van der Waals surface area contributed by atoms with Gasteiger partial charge >= 0.3 is 0 Å². The Morgan fingerprint density at radius 1 is 1.35 bits per heavy atom. The molecule has 0 unspecified atom stereocenters. The molecule has 6 nitrogen and oxygen atoms in total. The van der Waals surface area contributed by atoms with E-state index in [1.165, 1.54) is 29.6 Å². The fourth-order valence-corrected chi connectivity index (χ4v) is 3.75. The van der Waals surface area contributed by atoms with Crippen LogP contribution in [-0.2, 0) is 12.8 Å². The summed E-state index contributed by atoms with van der Waals surface area (Å²) >= 11 is 1.63. The zero-order valence-electron chi connectivity index (χ0n) is 12.3. The molecule has 0 aliphatic heterocycles. The molecule has 0 atom stereocenters. The molecule has 1 aliphatic rings. The molecule has 3 rings (SSSR count). The molecule has 7 heteroatoms. The molecule has 1 aromatic heterocycles. The van der Waals surface area contributed by atoms with Gasteiger partial charge in [-0.25, -0.2) is 5.43 Å². The minimum Gasteiger partial charge on any atom is -0.267 e. The average molecular weight is 329 g/mol. The summed E-state index contributed by atoms with van der Waals surface area (Å²) in [7, 11) is 0. The molecule has 1 N–H and O–H groups in total. The van der Waals surface area contributed by atoms with Crippen LogP contribution in [0.3, 0.4) is 0 Å². The van der Waals surface area contributed by atoms with E-state index in [-0.39, 0.29) is 11.6 Å². The Morgan fingerprint density at radius 3 is 3.00 bits per heavy atom. The minimum absolute atomic E-state index is 0.00724. The van der Waals surface area contributed by atoms with Crippen molar-refractivity contribution >= 4 is 29.1 Å². The molecule has 0 radical (unpaired) electrons. The number of carbonyl (C=O) groups is 1. The van der Waals surface area contributed by atoms with Crippen molar-refractivity contribution in [1.29, 1.82) is 0 Å². The lowest BCUT2D eigenvalue weighted by Gasteiger charge is -2.11. The maximum Gasteiger partial charge on any atom is 0.272 e. The Labute approximate surface area is 137 Å². The Morgan fingerprint density at radius 2 is 2.17 bits per heavy atom. The molecular weight excluding hydrogens is 314 g/mol. The minimum atomic E-state index is -0.465. The fraction of sp³-hybridized carbons (Fsp3) is 0.250. The van der Waals surface area contributed by atoms with Crippen LogP contribution in [0.1, 0.15) is 39.2 Å². The van der Waals surface area contributed by atoms with Gasteiger partial charge in [-0.3, -0.25) is 14.9 Å². The number of nitro groups is 1. The molecule has 0 saturated carbocycles. The van der Waals surface area contributed by atoms with E-state index < -0.39 is 4.92 Å². The molecule has 2 aromatic rings. The van der Waals surface area contributed by atoms with Gasteiger partial charge in [0, 0.05) is 28.0 Å². The van der Waals surface area contributed by atoms with Crippen LogP contribution in [0.25, 0.3) is 0 Å². The molecule has 0 spiro atoms. The summed E-state index contributed by atoms with van der Waals surface area (Å²) in [5.74, 6) is -0.230. The van der Waals surface area contributed by atoms with Gasteiger partial charge in [-0.1, -0.05) is 12.1 Å². The highest BCUT2D eigenvalue weighted by Gasteiger charge is 2.19. The van der Waals surface area contributed by atoms with Crippen molar-refractivity contribution in [2.75, 3.05) is 0 Å². The van der Waals surface area contributed by atoms with E-state index in [1.54, 1.807) is 23.5 Å². The SMILES string of the molecule is O=C(N/N=C\c1cccc([N+](=O)[O-])c1)c1csc2c1CCCC2. The molecule has 0 saturated heterocycles. The molecule has 23 heavy (non-hydrogen) atoms. The third kappa shape index (κ3) is 3.45. The summed E-state index contributed by atoms with van der Waals surface area (Å²) in [6.07, 6.45) is 5.69. The molecule has 118 valence electrons. The quantitative estimate of drug-likeness (QED) is 0.530. The van der Waals surface area contributed by atoms with Gasteiger partial charge in [0.15, 0.2) is 0 Å². The summed E-state index contributed by atoms with van der Waals surface area (Å²) < 4.78 is 0.